The van der Waals surface area contributed by atoms with Gasteiger partial charge < -0.3 is 9.80 Å². The van der Waals surface area contributed by atoms with E-state index in [0.29, 0.717) is 34.5 Å². The largest absolute Gasteiger partial charge is 0.378 e. The Balaban J connectivity index is 1.78. The smallest absolute Gasteiger partial charge is 0.258 e. The van der Waals surface area contributed by atoms with Gasteiger partial charge in [-0.15, -0.1) is 0 Å². The van der Waals surface area contributed by atoms with E-state index in [9.17, 15) is 4.79 Å². The Bertz CT molecular complexity index is 1010. The van der Waals surface area contributed by atoms with Crippen LogP contribution >= 0.6 is 23.2 Å². The van der Waals surface area contributed by atoms with Crippen LogP contribution in [0.3, 0.4) is 0 Å². The van der Waals surface area contributed by atoms with E-state index in [1.165, 1.54) is 0 Å². The van der Waals surface area contributed by atoms with Gasteiger partial charge in [-0.3, -0.25) is 4.79 Å². The molecule has 0 spiro atoms. The summed E-state index contributed by atoms with van der Waals surface area (Å²) in [4.78, 5) is 16.7. The fourth-order valence-electron chi connectivity index (χ4n) is 3.13. The van der Waals surface area contributed by atoms with Crippen LogP contribution in [0.1, 0.15) is 27.2 Å². The summed E-state index contributed by atoms with van der Waals surface area (Å²) in [5, 5.41) is 5.42. The molecule has 0 fully saturated rings. The van der Waals surface area contributed by atoms with Crippen LogP contribution in [0.25, 0.3) is 0 Å². The van der Waals surface area contributed by atoms with Crippen LogP contribution < -0.4 is 4.90 Å². The Hall–Kier alpha value is -2.50. The predicted octanol–water partition coefficient (Wildman–Crippen LogP) is 4.88. The molecule has 1 heterocycles. The molecule has 3 rings (SSSR count). The quantitative estimate of drug-likeness (QED) is 0.559. The van der Waals surface area contributed by atoms with Gasteiger partial charge in [0.1, 0.15) is 5.15 Å². The first-order chi connectivity index (χ1) is 13.8. The molecule has 152 valence electrons. The number of nitrogens with zero attached hydrogens (tertiary/aromatic N) is 4. The van der Waals surface area contributed by atoms with Crippen LogP contribution in [0.5, 0.6) is 0 Å². The molecule has 0 saturated heterocycles. The predicted molar refractivity (Wildman–Crippen MR) is 119 cm³/mol. The number of carbonyl (C=O) groups excluding carboxylic acids is 1. The minimum atomic E-state index is -0.158. The molecule has 0 aliphatic carbocycles. The van der Waals surface area contributed by atoms with Crippen LogP contribution in [0, 0.1) is 6.92 Å². The summed E-state index contributed by atoms with van der Waals surface area (Å²) in [5.41, 5.74) is 4.08. The molecule has 5 nitrogen and oxygen atoms in total. The fraction of sp³-hybridized carbons (Fsp3) is 0.273. The lowest BCUT2D eigenvalue weighted by molar-refractivity contribution is 0.0784. The van der Waals surface area contributed by atoms with E-state index >= 15 is 0 Å². The molecule has 2 aromatic carbocycles. The van der Waals surface area contributed by atoms with Crippen molar-refractivity contribution in [2.45, 2.75) is 20.0 Å². The summed E-state index contributed by atoms with van der Waals surface area (Å²) in [6, 6.07) is 15.6. The van der Waals surface area contributed by atoms with Crippen molar-refractivity contribution < 1.29 is 4.79 Å². The highest BCUT2D eigenvalue weighted by Crippen LogP contribution is 2.25. The van der Waals surface area contributed by atoms with Crippen LogP contribution in [0.4, 0.5) is 5.69 Å². The lowest BCUT2D eigenvalue weighted by Crippen LogP contribution is -2.26. The Labute approximate surface area is 181 Å². The Kier molecular flexibility index (Phi) is 6.50. The maximum Gasteiger partial charge on any atom is 0.258 e. The van der Waals surface area contributed by atoms with Crippen molar-refractivity contribution in [1.82, 2.24) is 14.7 Å². The van der Waals surface area contributed by atoms with Crippen LogP contribution in [-0.4, -0.2) is 41.7 Å². The molecular weight excluding hydrogens is 407 g/mol. The molecule has 3 aromatic rings. The summed E-state index contributed by atoms with van der Waals surface area (Å²) >= 11 is 12.8. The molecule has 7 heteroatoms. The standard InChI is InChI=1S/C22H24Cl2N4O/c1-15-20(21(24)28(25-15)14-17-7-5-6-8-19(17)23)22(29)27(4)13-16-9-11-18(12-10-16)26(2)3/h5-12H,13-14H2,1-4H3. The van der Waals surface area contributed by atoms with E-state index < -0.39 is 0 Å². The van der Waals surface area contributed by atoms with Gasteiger partial charge in [-0.05, 0) is 36.2 Å². The number of hydrogen-bond acceptors (Lipinski definition) is 3. The third-order valence-electron chi connectivity index (χ3n) is 4.78. The maximum atomic E-state index is 13.1. The molecule has 29 heavy (non-hydrogen) atoms. The average Bonchev–Trinajstić information content (AvgIpc) is 2.96. The van der Waals surface area contributed by atoms with Crippen molar-refractivity contribution in [2.24, 2.45) is 0 Å². The normalized spacial score (nSPS) is 10.8. The van der Waals surface area contributed by atoms with Gasteiger partial charge in [-0.2, -0.15) is 5.10 Å². The topological polar surface area (TPSA) is 41.4 Å². The monoisotopic (exact) mass is 430 g/mol. The van der Waals surface area contributed by atoms with Gasteiger partial charge in [-0.1, -0.05) is 53.5 Å². The molecule has 0 atom stereocenters. The highest BCUT2D eigenvalue weighted by Gasteiger charge is 2.23. The zero-order valence-electron chi connectivity index (χ0n) is 17.0. The van der Waals surface area contributed by atoms with Crippen LogP contribution in [0.2, 0.25) is 10.2 Å². The summed E-state index contributed by atoms with van der Waals surface area (Å²) in [7, 11) is 5.76. The first-order valence-corrected chi connectivity index (χ1v) is 10.0. The number of halogens is 2. The number of benzene rings is 2. The van der Waals surface area contributed by atoms with Crippen molar-refractivity contribution in [2.75, 3.05) is 26.0 Å². The summed E-state index contributed by atoms with van der Waals surface area (Å²) < 4.78 is 1.62. The van der Waals surface area contributed by atoms with E-state index in [-0.39, 0.29) is 5.91 Å². The molecule has 0 saturated carbocycles. The van der Waals surface area contributed by atoms with Crippen LogP contribution in [-0.2, 0) is 13.1 Å². The molecule has 0 aliphatic rings. The van der Waals surface area contributed by atoms with Crippen molar-refractivity contribution in [3.05, 3.63) is 81.1 Å². The van der Waals surface area contributed by atoms with Crippen molar-refractivity contribution in [1.29, 1.82) is 0 Å². The third kappa shape index (κ3) is 4.74. The lowest BCUT2D eigenvalue weighted by atomic mass is 10.1. The average molecular weight is 431 g/mol. The first-order valence-electron chi connectivity index (χ1n) is 9.26. The number of aromatic nitrogens is 2. The van der Waals surface area contributed by atoms with E-state index in [4.69, 9.17) is 23.2 Å². The van der Waals surface area contributed by atoms with Gasteiger partial charge >= 0.3 is 0 Å². The van der Waals surface area contributed by atoms with Crippen molar-refractivity contribution in [3.63, 3.8) is 0 Å². The minimum Gasteiger partial charge on any atom is -0.378 e. The zero-order chi connectivity index (χ0) is 21.1. The van der Waals surface area contributed by atoms with E-state index in [1.807, 2.05) is 67.5 Å². The second-order valence-corrected chi connectivity index (χ2v) is 7.99. The molecule has 0 radical (unpaired) electrons. The Morgan fingerprint density at radius 3 is 2.31 bits per heavy atom. The van der Waals surface area contributed by atoms with Gasteiger partial charge in [0.25, 0.3) is 5.91 Å². The van der Waals surface area contributed by atoms with Gasteiger partial charge in [0.2, 0.25) is 0 Å². The highest BCUT2D eigenvalue weighted by atomic mass is 35.5. The number of carbonyl (C=O) groups is 1. The molecule has 1 aromatic heterocycles. The van der Waals surface area contributed by atoms with Gasteiger partial charge in [-0.25, -0.2) is 4.68 Å². The van der Waals surface area contributed by atoms with E-state index in [1.54, 1.807) is 23.6 Å². The zero-order valence-corrected chi connectivity index (χ0v) is 18.5. The molecule has 0 aliphatic heterocycles. The molecular formula is C22H24Cl2N4O. The van der Waals surface area contributed by atoms with Crippen LogP contribution in [0.15, 0.2) is 48.5 Å². The second kappa shape index (κ2) is 8.89. The Morgan fingerprint density at radius 1 is 1.03 bits per heavy atom. The van der Waals surface area contributed by atoms with E-state index in [0.717, 1.165) is 16.8 Å². The lowest BCUT2D eigenvalue weighted by Gasteiger charge is -2.18. The second-order valence-electron chi connectivity index (χ2n) is 7.22. The van der Waals surface area contributed by atoms with Crippen molar-refractivity contribution >= 4 is 34.8 Å². The SMILES string of the molecule is Cc1nn(Cc2ccccc2Cl)c(Cl)c1C(=O)N(C)Cc1ccc(N(C)C)cc1. The third-order valence-corrected chi connectivity index (χ3v) is 5.53. The summed E-state index contributed by atoms with van der Waals surface area (Å²) in [6.07, 6.45) is 0. The van der Waals surface area contributed by atoms with E-state index in [2.05, 4.69) is 5.10 Å². The maximum absolute atomic E-state index is 13.1. The number of anilines is 1. The van der Waals surface area contributed by atoms with Gasteiger partial charge in [0.15, 0.2) is 0 Å². The van der Waals surface area contributed by atoms with Crippen molar-refractivity contribution in [3.8, 4) is 0 Å². The number of hydrogen-bond donors (Lipinski definition) is 0. The first kappa shape index (κ1) is 21.2. The van der Waals surface area contributed by atoms with Gasteiger partial charge in [0, 0.05) is 38.4 Å². The molecule has 1 amide bonds. The number of amides is 1. The minimum absolute atomic E-state index is 0.158. The van der Waals surface area contributed by atoms with Gasteiger partial charge in [0.05, 0.1) is 17.8 Å². The number of rotatable bonds is 6. The number of aryl methyl sites for hydroxylation is 1. The summed E-state index contributed by atoms with van der Waals surface area (Å²) in [6.45, 7) is 2.68. The fourth-order valence-corrected chi connectivity index (χ4v) is 3.64. The molecule has 0 bridgehead atoms. The highest BCUT2D eigenvalue weighted by molar-refractivity contribution is 6.33. The molecule has 0 unspecified atom stereocenters. The Morgan fingerprint density at radius 2 is 1.69 bits per heavy atom. The molecule has 0 N–H and O–H groups in total. The summed E-state index contributed by atoms with van der Waals surface area (Å²) in [5.74, 6) is -0.158.